The zero-order valence-corrected chi connectivity index (χ0v) is 11.3. The van der Waals surface area contributed by atoms with E-state index in [-0.39, 0.29) is 0 Å². The Kier molecular flexibility index (Phi) is 3.97. The quantitative estimate of drug-likeness (QED) is 0.883. The van der Waals surface area contributed by atoms with Gasteiger partial charge in [-0.25, -0.2) is 4.98 Å². The van der Waals surface area contributed by atoms with Gasteiger partial charge < -0.3 is 10.1 Å². The van der Waals surface area contributed by atoms with Crippen molar-refractivity contribution in [3.63, 3.8) is 0 Å². The van der Waals surface area contributed by atoms with E-state index in [0.29, 0.717) is 12.6 Å². The lowest BCUT2D eigenvalue weighted by Gasteiger charge is -2.07. The summed E-state index contributed by atoms with van der Waals surface area (Å²) in [5.41, 5.74) is 1.05. The maximum absolute atomic E-state index is 5.49. The van der Waals surface area contributed by atoms with E-state index in [1.54, 1.807) is 11.3 Å². The second-order valence-electron chi connectivity index (χ2n) is 3.89. The third kappa shape index (κ3) is 2.76. The van der Waals surface area contributed by atoms with Crippen molar-refractivity contribution in [2.75, 3.05) is 13.2 Å². The molecule has 2 aromatic rings. The van der Waals surface area contributed by atoms with Crippen LogP contribution in [0.1, 0.15) is 31.8 Å². The van der Waals surface area contributed by atoms with Crippen LogP contribution in [0.2, 0.25) is 0 Å². The fourth-order valence-electron chi connectivity index (χ4n) is 1.76. The topological polar surface area (TPSA) is 34.2 Å². The summed E-state index contributed by atoms with van der Waals surface area (Å²) in [6.45, 7) is 7.91. The monoisotopic (exact) mass is 250 g/mol. The second kappa shape index (κ2) is 5.47. The molecular weight excluding hydrogens is 232 g/mol. The van der Waals surface area contributed by atoms with Crippen LogP contribution >= 0.6 is 11.3 Å². The standard InChI is InChI=1S/C13H18N2OS/c1-4-14-9(3)13-15-11-7-6-10(16-5-2)8-12(11)17-13/h6-9,14H,4-5H2,1-3H3. The molecule has 4 heteroatoms. The van der Waals surface area contributed by atoms with E-state index in [1.165, 1.54) is 4.70 Å². The zero-order chi connectivity index (χ0) is 12.3. The Morgan fingerprint density at radius 1 is 1.41 bits per heavy atom. The molecule has 0 amide bonds. The normalized spacial score (nSPS) is 12.9. The molecule has 1 N–H and O–H groups in total. The molecule has 0 aliphatic heterocycles. The lowest BCUT2D eigenvalue weighted by molar-refractivity contribution is 0.341. The predicted octanol–water partition coefficient (Wildman–Crippen LogP) is 3.37. The average Bonchev–Trinajstić information content (AvgIpc) is 2.73. The third-order valence-corrected chi connectivity index (χ3v) is 3.77. The first-order chi connectivity index (χ1) is 8.24. The van der Waals surface area contributed by atoms with E-state index in [1.807, 2.05) is 19.1 Å². The Hall–Kier alpha value is -1.13. The van der Waals surface area contributed by atoms with Crippen molar-refractivity contribution in [2.24, 2.45) is 0 Å². The molecule has 0 aliphatic rings. The van der Waals surface area contributed by atoms with E-state index in [2.05, 4.69) is 30.2 Å². The molecule has 17 heavy (non-hydrogen) atoms. The summed E-state index contributed by atoms with van der Waals surface area (Å²) in [6, 6.07) is 6.39. The number of nitrogens with zero attached hydrogens (tertiary/aromatic N) is 1. The van der Waals surface area contributed by atoms with Crippen LogP contribution < -0.4 is 10.1 Å². The molecule has 92 valence electrons. The van der Waals surface area contributed by atoms with Gasteiger partial charge in [-0.2, -0.15) is 0 Å². The summed E-state index contributed by atoms with van der Waals surface area (Å²) in [5.74, 6) is 0.923. The fourth-order valence-corrected chi connectivity index (χ4v) is 2.78. The number of fused-ring (bicyclic) bond motifs is 1. The molecule has 0 aliphatic carbocycles. The number of nitrogens with one attached hydrogen (secondary N) is 1. The Morgan fingerprint density at radius 2 is 2.24 bits per heavy atom. The van der Waals surface area contributed by atoms with Crippen LogP contribution in [0.15, 0.2) is 18.2 Å². The first kappa shape index (κ1) is 12.3. The number of benzene rings is 1. The lowest BCUT2D eigenvalue weighted by Crippen LogP contribution is -2.17. The molecule has 1 atom stereocenters. The zero-order valence-electron chi connectivity index (χ0n) is 10.5. The highest BCUT2D eigenvalue weighted by molar-refractivity contribution is 7.18. The third-order valence-electron chi connectivity index (χ3n) is 2.57. The number of rotatable bonds is 5. The molecule has 0 radical (unpaired) electrons. The van der Waals surface area contributed by atoms with Gasteiger partial charge in [0, 0.05) is 0 Å². The van der Waals surface area contributed by atoms with Crippen molar-refractivity contribution in [3.8, 4) is 5.75 Å². The van der Waals surface area contributed by atoms with Gasteiger partial charge in [0.1, 0.15) is 10.8 Å². The summed E-state index contributed by atoms with van der Waals surface area (Å²) >= 11 is 1.73. The minimum atomic E-state index is 0.313. The van der Waals surface area contributed by atoms with E-state index < -0.39 is 0 Å². The minimum Gasteiger partial charge on any atom is -0.494 e. The van der Waals surface area contributed by atoms with Crippen LogP contribution in [0.4, 0.5) is 0 Å². The molecule has 0 bridgehead atoms. The molecule has 3 nitrogen and oxygen atoms in total. The van der Waals surface area contributed by atoms with Gasteiger partial charge in [0.15, 0.2) is 0 Å². The fraction of sp³-hybridized carbons (Fsp3) is 0.462. The molecule has 0 saturated carbocycles. The Bertz CT molecular complexity index is 495. The highest BCUT2D eigenvalue weighted by atomic mass is 32.1. The predicted molar refractivity (Wildman–Crippen MR) is 72.9 cm³/mol. The molecule has 0 saturated heterocycles. The molecule has 0 spiro atoms. The number of aromatic nitrogens is 1. The van der Waals surface area contributed by atoms with Gasteiger partial charge in [-0.15, -0.1) is 11.3 Å². The Morgan fingerprint density at radius 3 is 2.94 bits per heavy atom. The van der Waals surface area contributed by atoms with Crippen LogP contribution in [-0.4, -0.2) is 18.1 Å². The van der Waals surface area contributed by atoms with Gasteiger partial charge >= 0.3 is 0 Å². The van der Waals surface area contributed by atoms with Crippen molar-refractivity contribution < 1.29 is 4.74 Å². The highest BCUT2D eigenvalue weighted by Crippen LogP contribution is 2.29. The van der Waals surface area contributed by atoms with Crippen molar-refractivity contribution in [2.45, 2.75) is 26.8 Å². The van der Waals surface area contributed by atoms with Crippen LogP contribution in [-0.2, 0) is 0 Å². The molecular formula is C13H18N2OS. The average molecular weight is 250 g/mol. The van der Waals surface area contributed by atoms with Crippen LogP contribution in [0.25, 0.3) is 10.2 Å². The Balaban J connectivity index is 2.30. The van der Waals surface area contributed by atoms with Crippen molar-refractivity contribution in [1.29, 1.82) is 0 Å². The highest BCUT2D eigenvalue weighted by Gasteiger charge is 2.10. The molecule has 1 aromatic heterocycles. The smallest absolute Gasteiger partial charge is 0.120 e. The second-order valence-corrected chi connectivity index (χ2v) is 4.96. The molecule has 1 aromatic carbocycles. The Labute approximate surface area is 106 Å². The van der Waals surface area contributed by atoms with E-state index in [4.69, 9.17) is 4.74 Å². The van der Waals surface area contributed by atoms with Gasteiger partial charge in [0.05, 0.1) is 22.9 Å². The van der Waals surface area contributed by atoms with E-state index >= 15 is 0 Å². The number of ether oxygens (including phenoxy) is 1. The first-order valence-electron chi connectivity index (χ1n) is 6.01. The number of hydrogen-bond donors (Lipinski definition) is 1. The molecule has 1 heterocycles. The molecule has 2 rings (SSSR count). The number of thiazole rings is 1. The summed E-state index contributed by atoms with van der Waals surface area (Å²) < 4.78 is 6.68. The molecule has 0 fully saturated rings. The lowest BCUT2D eigenvalue weighted by atomic mass is 10.3. The summed E-state index contributed by atoms with van der Waals surface area (Å²) in [7, 11) is 0. The van der Waals surface area contributed by atoms with Crippen molar-refractivity contribution in [1.82, 2.24) is 10.3 Å². The van der Waals surface area contributed by atoms with Crippen LogP contribution in [0.3, 0.4) is 0 Å². The summed E-state index contributed by atoms with van der Waals surface area (Å²) in [4.78, 5) is 4.63. The first-order valence-corrected chi connectivity index (χ1v) is 6.83. The van der Waals surface area contributed by atoms with Crippen molar-refractivity contribution >= 4 is 21.6 Å². The largest absolute Gasteiger partial charge is 0.494 e. The summed E-state index contributed by atoms with van der Waals surface area (Å²) in [5, 5.41) is 4.51. The van der Waals surface area contributed by atoms with Gasteiger partial charge in [-0.3, -0.25) is 0 Å². The van der Waals surface area contributed by atoms with Gasteiger partial charge in [0.2, 0.25) is 0 Å². The van der Waals surface area contributed by atoms with Gasteiger partial charge in [0.25, 0.3) is 0 Å². The van der Waals surface area contributed by atoms with E-state index in [0.717, 1.165) is 22.8 Å². The van der Waals surface area contributed by atoms with Crippen molar-refractivity contribution in [3.05, 3.63) is 23.2 Å². The van der Waals surface area contributed by atoms with Gasteiger partial charge in [-0.1, -0.05) is 6.92 Å². The van der Waals surface area contributed by atoms with Crippen LogP contribution in [0.5, 0.6) is 5.75 Å². The van der Waals surface area contributed by atoms with E-state index in [9.17, 15) is 0 Å². The SMILES string of the molecule is CCNC(C)c1nc2ccc(OCC)cc2s1. The minimum absolute atomic E-state index is 0.313. The molecule has 1 unspecified atom stereocenters. The van der Waals surface area contributed by atoms with Gasteiger partial charge in [-0.05, 0) is 38.6 Å². The maximum atomic E-state index is 5.49. The summed E-state index contributed by atoms with van der Waals surface area (Å²) in [6.07, 6.45) is 0. The van der Waals surface area contributed by atoms with Crippen LogP contribution in [0, 0.1) is 0 Å². The number of hydrogen-bond acceptors (Lipinski definition) is 4. The maximum Gasteiger partial charge on any atom is 0.120 e.